The Morgan fingerprint density at radius 1 is 1.32 bits per heavy atom. The average molecular weight is 319 g/mol. The zero-order valence-corrected chi connectivity index (χ0v) is 13.1. The van der Waals surface area contributed by atoms with Gasteiger partial charge in [-0.3, -0.25) is 4.90 Å². The van der Waals surface area contributed by atoms with Gasteiger partial charge in [-0.15, -0.1) is 18.2 Å². The van der Waals surface area contributed by atoms with E-state index >= 15 is 0 Å². The summed E-state index contributed by atoms with van der Waals surface area (Å²) in [6.07, 6.45) is 5.51. The average Bonchev–Trinajstić information content (AvgIpc) is 2.42. The van der Waals surface area contributed by atoms with Crippen molar-refractivity contribution < 1.29 is 0 Å². The number of hydrogen-bond donors (Lipinski definition) is 0. The number of likely N-dealkylation sites (tertiary alicyclic amines) is 1. The molecule has 19 heavy (non-hydrogen) atoms. The minimum Gasteiger partial charge on any atom is -0.295 e. The molecular weight excluding hydrogens is 301 g/mol. The molecule has 0 amide bonds. The normalized spacial score (nSPS) is 22.2. The van der Waals surface area contributed by atoms with Gasteiger partial charge in [0.1, 0.15) is 0 Å². The largest absolute Gasteiger partial charge is 0.295 e. The van der Waals surface area contributed by atoms with Crippen molar-refractivity contribution in [2.24, 2.45) is 0 Å². The van der Waals surface area contributed by atoms with Crippen LogP contribution in [0.25, 0.3) is 0 Å². The molecule has 0 aromatic heterocycles. The zero-order chi connectivity index (χ0) is 13.8. The van der Waals surface area contributed by atoms with E-state index in [4.69, 9.17) is 34.8 Å². The molecule has 1 saturated heterocycles. The summed E-state index contributed by atoms with van der Waals surface area (Å²) in [4.78, 5) is 2.40. The Morgan fingerprint density at radius 3 is 2.79 bits per heavy atom. The molecule has 0 aliphatic carbocycles. The van der Waals surface area contributed by atoms with Crippen LogP contribution in [0.3, 0.4) is 0 Å². The van der Waals surface area contributed by atoms with E-state index in [1.165, 1.54) is 12.8 Å². The predicted octanol–water partition coefficient (Wildman–Crippen LogP) is 5.31. The zero-order valence-electron chi connectivity index (χ0n) is 10.8. The van der Waals surface area contributed by atoms with Gasteiger partial charge in [-0.25, -0.2) is 0 Å². The number of nitrogens with zero attached hydrogens (tertiary/aromatic N) is 1. The maximum atomic E-state index is 6.66. The molecule has 0 unspecified atom stereocenters. The van der Waals surface area contributed by atoms with Gasteiger partial charge in [0.25, 0.3) is 0 Å². The third-order valence-corrected chi connectivity index (χ3v) is 4.91. The maximum absolute atomic E-state index is 6.66. The quantitative estimate of drug-likeness (QED) is 0.537. The van der Waals surface area contributed by atoms with Crippen LogP contribution in [0.2, 0.25) is 10.0 Å². The number of benzene rings is 1. The van der Waals surface area contributed by atoms with Gasteiger partial charge in [-0.1, -0.05) is 41.8 Å². The first-order valence-corrected chi connectivity index (χ1v) is 7.76. The van der Waals surface area contributed by atoms with Crippen LogP contribution >= 0.6 is 34.8 Å². The topological polar surface area (TPSA) is 3.24 Å². The lowest BCUT2D eigenvalue weighted by molar-refractivity contribution is 0.160. The summed E-state index contributed by atoms with van der Waals surface area (Å²) in [6.45, 7) is 5.79. The lowest BCUT2D eigenvalue weighted by Crippen LogP contribution is -2.41. The van der Waals surface area contributed by atoms with E-state index in [0.717, 1.165) is 25.1 Å². The maximum Gasteiger partial charge on any atom is 0.0741 e. The smallest absolute Gasteiger partial charge is 0.0741 e. The molecule has 1 heterocycles. The van der Waals surface area contributed by atoms with Crippen LogP contribution in [0.15, 0.2) is 30.9 Å². The highest BCUT2D eigenvalue weighted by atomic mass is 35.5. The van der Waals surface area contributed by atoms with Crippen molar-refractivity contribution in [1.29, 1.82) is 0 Å². The van der Waals surface area contributed by atoms with Crippen LogP contribution in [-0.2, 0) is 0 Å². The number of alkyl halides is 1. The summed E-state index contributed by atoms with van der Waals surface area (Å²) in [7, 11) is 0. The highest BCUT2D eigenvalue weighted by Crippen LogP contribution is 2.35. The summed E-state index contributed by atoms with van der Waals surface area (Å²) in [6, 6.07) is 6.00. The van der Waals surface area contributed by atoms with E-state index in [1.54, 1.807) is 0 Å². The van der Waals surface area contributed by atoms with Crippen LogP contribution in [0.1, 0.15) is 30.2 Å². The summed E-state index contributed by atoms with van der Waals surface area (Å²) in [5.74, 6) is 0. The molecule has 1 fully saturated rings. The van der Waals surface area contributed by atoms with E-state index in [2.05, 4.69) is 11.5 Å². The lowest BCUT2D eigenvalue weighted by Gasteiger charge is -2.37. The van der Waals surface area contributed by atoms with Crippen LogP contribution < -0.4 is 0 Å². The van der Waals surface area contributed by atoms with Crippen LogP contribution in [0, 0.1) is 0 Å². The molecule has 1 aliphatic heterocycles. The van der Waals surface area contributed by atoms with Gasteiger partial charge in [-0.05, 0) is 37.1 Å². The van der Waals surface area contributed by atoms with Gasteiger partial charge in [-0.2, -0.15) is 0 Å². The third kappa shape index (κ3) is 3.66. The van der Waals surface area contributed by atoms with Crippen molar-refractivity contribution in [3.63, 3.8) is 0 Å². The summed E-state index contributed by atoms with van der Waals surface area (Å²) < 4.78 is 0. The molecule has 1 aliphatic rings. The van der Waals surface area contributed by atoms with Gasteiger partial charge in [0.2, 0.25) is 0 Å². The van der Waals surface area contributed by atoms with Crippen LogP contribution in [0.4, 0.5) is 0 Å². The third-order valence-electron chi connectivity index (χ3n) is 3.63. The lowest BCUT2D eigenvalue weighted by atomic mass is 9.95. The second-order valence-corrected chi connectivity index (χ2v) is 6.21. The molecule has 0 spiro atoms. The molecule has 1 aromatic rings. The Balaban J connectivity index is 2.17. The van der Waals surface area contributed by atoms with E-state index in [9.17, 15) is 0 Å². The first kappa shape index (κ1) is 15.2. The van der Waals surface area contributed by atoms with E-state index in [1.807, 2.05) is 24.3 Å². The first-order valence-electron chi connectivity index (χ1n) is 6.57. The molecule has 1 aromatic carbocycles. The SMILES string of the molecule is C=CCN1CCCC[C@H]1[C@H](Cl)c1ccc(Cl)c(Cl)c1. The molecule has 0 radical (unpaired) electrons. The van der Waals surface area contributed by atoms with Gasteiger partial charge in [0.05, 0.1) is 15.4 Å². The molecule has 1 nitrogen and oxygen atoms in total. The Morgan fingerprint density at radius 2 is 2.11 bits per heavy atom. The van der Waals surface area contributed by atoms with Crippen molar-refractivity contribution >= 4 is 34.8 Å². The second-order valence-electron chi connectivity index (χ2n) is 4.92. The highest BCUT2D eigenvalue weighted by molar-refractivity contribution is 6.42. The van der Waals surface area contributed by atoms with Crippen LogP contribution in [0.5, 0.6) is 0 Å². The Hall–Kier alpha value is -0.210. The fourth-order valence-corrected chi connectivity index (χ4v) is 3.37. The van der Waals surface area contributed by atoms with E-state index in [-0.39, 0.29) is 5.38 Å². The van der Waals surface area contributed by atoms with Gasteiger partial charge >= 0.3 is 0 Å². The molecule has 2 rings (SSSR count). The van der Waals surface area contributed by atoms with Gasteiger partial charge < -0.3 is 0 Å². The van der Waals surface area contributed by atoms with Crippen molar-refractivity contribution in [2.45, 2.75) is 30.7 Å². The first-order chi connectivity index (χ1) is 9.13. The second kappa shape index (κ2) is 6.99. The van der Waals surface area contributed by atoms with Gasteiger partial charge in [0.15, 0.2) is 0 Å². The number of hydrogen-bond acceptors (Lipinski definition) is 1. The van der Waals surface area contributed by atoms with Crippen molar-refractivity contribution in [3.05, 3.63) is 46.5 Å². The highest BCUT2D eigenvalue weighted by Gasteiger charge is 2.29. The number of piperidine rings is 1. The Kier molecular flexibility index (Phi) is 5.58. The molecule has 0 N–H and O–H groups in total. The fourth-order valence-electron chi connectivity index (χ4n) is 2.65. The van der Waals surface area contributed by atoms with Crippen molar-refractivity contribution in [2.75, 3.05) is 13.1 Å². The van der Waals surface area contributed by atoms with Crippen molar-refractivity contribution in [3.8, 4) is 0 Å². The van der Waals surface area contributed by atoms with Crippen molar-refractivity contribution in [1.82, 2.24) is 4.90 Å². The van der Waals surface area contributed by atoms with Gasteiger partial charge in [0, 0.05) is 12.6 Å². The molecule has 0 saturated carbocycles. The summed E-state index contributed by atoms with van der Waals surface area (Å²) in [5.41, 5.74) is 1.04. The molecular formula is C15H18Cl3N. The minimum atomic E-state index is -0.0602. The fraction of sp³-hybridized carbons (Fsp3) is 0.467. The molecule has 4 heteroatoms. The standard InChI is InChI=1S/C15H18Cl3N/c1-2-8-19-9-4-3-5-14(19)15(18)11-6-7-12(16)13(17)10-11/h2,6-7,10,14-15H,1,3-5,8-9H2/t14-,15+/m0/s1. The monoisotopic (exact) mass is 317 g/mol. The Labute approximate surface area is 130 Å². The van der Waals surface area contributed by atoms with Crippen LogP contribution in [-0.4, -0.2) is 24.0 Å². The number of rotatable bonds is 4. The molecule has 2 atom stereocenters. The van der Waals surface area contributed by atoms with E-state index < -0.39 is 0 Å². The Bertz CT molecular complexity index is 447. The molecule has 104 valence electrons. The number of halogens is 3. The predicted molar refractivity (Wildman–Crippen MR) is 84.5 cm³/mol. The minimum absolute atomic E-state index is 0.0602. The molecule has 0 bridgehead atoms. The summed E-state index contributed by atoms with van der Waals surface area (Å²) in [5, 5.41) is 1.08. The van der Waals surface area contributed by atoms with E-state index in [0.29, 0.717) is 16.1 Å². The summed E-state index contributed by atoms with van der Waals surface area (Å²) >= 11 is 18.7.